The number of fused-ring (bicyclic) bond motifs is 1. The number of hydrogen-bond acceptors (Lipinski definition) is 5. The molecule has 0 aliphatic rings. The van der Waals surface area contributed by atoms with Crippen LogP contribution in [0.1, 0.15) is 23.6 Å². The number of allylic oxidation sites excluding steroid dienone is 2. The van der Waals surface area contributed by atoms with E-state index in [-0.39, 0.29) is 6.61 Å². The van der Waals surface area contributed by atoms with Crippen LogP contribution < -0.4 is 0 Å². The fourth-order valence-electron chi connectivity index (χ4n) is 3.04. The van der Waals surface area contributed by atoms with Crippen molar-refractivity contribution >= 4 is 28.7 Å². The highest BCUT2D eigenvalue weighted by atomic mass is 16.5. The number of aliphatic hydroxyl groups is 1. The molecule has 0 saturated heterocycles. The molecule has 0 amide bonds. The average Bonchev–Trinajstić information content (AvgIpc) is 3.10. The second kappa shape index (κ2) is 9.39. The van der Waals surface area contributed by atoms with Crippen LogP contribution in [0.5, 0.6) is 0 Å². The van der Waals surface area contributed by atoms with Crippen molar-refractivity contribution < 1.29 is 19.4 Å². The number of benzene rings is 2. The molecular formula is C24H20N2O4. The normalized spacial score (nSPS) is 11.5. The van der Waals surface area contributed by atoms with Crippen LogP contribution in [0.4, 0.5) is 0 Å². The predicted octanol–water partition coefficient (Wildman–Crippen LogP) is 4.15. The number of ether oxygens (including phenoxy) is 1. The first kappa shape index (κ1) is 20.6. The Morgan fingerprint density at radius 2 is 1.90 bits per heavy atom. The van der Waals surface area contributed by atoms with Gasteiger partial charge in [0, 0.05) is 35.3 Å². The van der Waals surface area contributed by atoms with Crippen molar-refractivity contribution in [1.82, 2.24) is 4.57 Å². The van der Waals surface area contributed by atoms with E-state index in [1.54, 1.807) is 25.1 Å². The number of carbonyl (C=O) groups is 2. The van der Waals surface area contributed by atoms with Gasteiger partial charge < -0.3 is 14.4 Å². The summed E-state index contributed by atoms with van der Waals surface area (Å²) in [4.78, 5) is 23.5. The number of esters is 1. The Labute approximate surface area is 173 Å². The number of ketones is 1. The summed E-state index contributed by atoms with van der Waals surface area (Å²) in [7, 11) is 0. The standard InChI is InChI=1S/C24H20N2O4/c1-2-30-24(29)23(28)13-20(27)12-11-19-16-26(22-6-4-3-5-21(19)22)15-18-9-7-17(14-25)8-10-18/h3-13,16,28H,2,15H2,1H3/b12-11+,23-13-. The first-order valence-corrected chi connectivity index (χ1v) is 9.38. The molecule has 0 atom stereocenters. The van der Waals surface area contributed by atoms with Crippen molar-refractivity contribution in [2.24, 2.45) is 0 Å². The molecule has 0 aliphatic carbocycles. The van der Waals surface area contributed by atoms with Crippen molar-refractivity contribution in [3.8, 4) is 6.07 Å². The van der Waals surface area contributed by atoms with Gasteiger partial charge in [-0.2, -0.15) is 5.26 Å². The Morgan fingerprint density at radius 1 is 1.17 bits per heavy atom. The fraction of sp³-hybridized carbons (Fsp3) is 0.125. The van der Waals surface area contributed by atoms with Gasteiger partial charge in [0.05, 0.1) is 18.2 Å². The molecule has 0 spiro atoms. The topological polar surface area (TPSA) is 92.3 Å². The van der Waals surface area contributed by atoms with Gasteiger partial charge in [0.1, 0.15) is 0 Å². The third kappa shape index (κ3) is 4.83. The Hall–Kier alpha value is -4.11. The maximum Gasteiger partial charge on any atom is 0.373 e. The first-order valence-electron chi connectivity index (χ1n) is 9.38. The predicted molar refractivity (Wildman–Crippen MR) is 114 cm³/mol. The summed E-state index contributed by atoms with van der Waals surface area (Å²) in [6, 6.07) is 17.3. The molecule has 2 aromatic carbocycles. The number of aromatic nitrogens is 1. The summed E-state index contributed by atoms with van der Waals surface area (Å²) in [5.74, 6) is -2.18. The van der Waals surface area contributed by atoms with Gasteiger partial charge in [0.2, 0.25) is 5.76 Å². The van der Waals surface area contributed by atoms with Crippen LogP contribution in [0.15, 0.2) is 72.6 Å². The first-order chi connectivity index (χ1) is 14.5. The van der Waals surface area contributed by atoms with E-state index in [0.717, 1.165) is 28.1 Å². The quantitative estimate of drug-likeness (QED) is 0.365. The highest BCUT2D eigenvalue weighted by Crippen LogP contribution is 2.23. The molecule has 0 bridgehead atoms. The molecule has 0 unspecified atom stereocenters. The number of nitriles is 1. The second-order valence-electron chi connectivity index (χ2n) is 6.52. The lowest BCUT2D eigenvalue weighted by molar-refractivity contribution is -0.141. The van der Waals surface area contributed by atoms with E-state index >= 15 is 0 Å². The fourth-order valence-corrected chi connectivity index (χ4v) is 3.04. The van der Waals surface area contributed by atoms with E-state index in [9.17, 15) is 14.7 Å². The van der Waals surface area contributed by atoms with Crippen molar-refractivity contribution in [1.29, 1.82) is 5.26 Å². The molecule has 150 valence electrons. The molecule has 0 radical (unpaired) electrons. The molecule has 30 heavy (non-hydrogen) atoms. The van der Waals surface area contributed by atoms with Crippen molar-refractivity contribution in [2.75, 3.05) is 6.61 Å². The van der Waals surface area contributed by atoms with Gasteiger partial charge in [0.15, 0.2) is 5.78 Å². The number of rotatable bonds is 7. The van der Waals surface area contributed by atoms with E-state index in [0.29, 0.717) is 12.1 Å². The lowest BCUT2D eigenvalue weighted by Gasteiger charge is -2.05. The van der Waals surface area contributed by atoms with Crippen molar-refractivity contribution in [3.05, 3.63) is 89.3 Å². The lowest BCUT2D eigenvalue weighted by Crippen LogP contribution is -2.08. The van der Waals surface area contributed by atoms with Crippen LogP contribution in [0.2, 0.25) is 0 Å². The third-order valence-corrected chi connectivity index (χ3v) is 4.45. The number of para-hydroxylation sites is 1. The minimum atomic E-state index is -0.932. The summed E-state index contributed by atoms with van der Waals surface area (Å²) in [5.41, 5.74) is 3.48. The van der Waals surface area contributed by atoms with Crippen LogP contribution in [0.3, 0.4) is 0 Å². The lowest BCUT2D eigenvalue weighted by atomic mass is 10.1. The highest BCUT2D eigenvalue weighted by Gasteiger charge is 2.10. The van der Waals surface area contributed by atoms with Crippen LogP contribution in [0, 0.1) is 11.3 Å². The van der Waals surface area contributed by atoms with Crippen LogP contribution in [-0.4, -0.2) is 28.0 Å². The minimum Gasteiger partial charge on any atom is -0.502 e. The van der Waals surface area contributed by atoms with E-state index in [1.165, 1.54) is 6.08 Å². The van der Waals surface area contributed by atoms with Gasteiger partial charge in [-0.15, -0.1) is 0 Å². The van der Waals surface area contributed by atoms with Crippen LogP contribution >= 0.6 is 0 Å². The maximum atomic E-state index is 12.1. The molecule has 1 aromatic heterocycles. The molecule has 1 heterocycles. The number of aliphatic hydroxyl groups excluding tert-OH is 1. The Kier molecular flexibility index (Phi) is 6.46. The molecule has 0 aliphatic heterocycles. The molecule has 1 N–H and O–H groups in total. The monoisotopic (exact) mass is 400 g/mol. The third-order valence-electron chi connectivity index (χ3n) is 4.45. The zero-order valence-corrected chi connectivity index (χ0v) is 16.4. The summed E-state index contributed by atoms with van der Waals surface area (Å²) < 4.78 is 6.71. The second-order valence-corrected chi connectivity index (χ2v) is 6.52. The van der Waals surface area contributed by atoms with Crippen molar-refractivity contribution in [2.45, 2.75) is 13.5 Å². The highest BCUT2D eigenvalue weighted by molar-refractivity contribution is 6.06. The molecule has 0 fully saturated rings. The van der Waals surface area contributed by atoms with E-state index in [1.807, 2.05) is 42.6 Å². The van der Waals surface area contributed by atoms with Gasteiger partial charge in [-0.05, 0) is 42.8 Å². The smallest absolute Gasteiger partial charge is 0.373 e. The van der Waals surface area contributed by atoms with Crippen LogP contribution in [-0.2, 0) is 20.9 Å². The van der Waals surface area contributed by atoms with Crippen molar-refractivity contribution in [3.63, 3.8) is 0 Å². The van der Waals surface area contributed by atoms with Gasteiger partial charge in [-0.1, -0.05) is 30.3 Å². The molecule has 3 rings (SSSR count). The largest absolute Gasteiger partial charge is 0.502 e. The summed E-state index contributed by atoms with van der Waals surface area (Å²) in [6.07, 6.45) is 5.71. The molecular weight excluding hydrogens is 380 g/mol. The van der Waals surface area contributed by atoms with Gasteiger partial charge >= 0.3 is 5.97 Å². The van der Waals surface area contributed by atoms with Gasteiger partial charge in [-0.3, -0.25) is 4.79 Å². The van der Waals surface area contributed by atoms with E-state index in [4.69, 9.17) is 5.26 Å². The maximum absolute atomic E-state index is 12.1. The average molecular weight is 400 g/mol. The Morgan fingerprint density at radius 3 is 2.60 bits per heavy atom. The summed E-state index contributed by atoms with van der Waals surface area (Å²) >= 11 is 0. The SMILES string of the molecule is CCOC(=O)/C(O)=C/C(=O)/C=C/c1cn(Cc2ccc(C#N)cc2)c2ccccc12. The zero-order chi connectivity index (χ0) is 21.5. The molecule has 0 saturated carbocycles. The number of hydrogen-bond donors (Lipinski definition) is 1. The summed E-state index contributed by atoms with van der Waals surface area (Å²) in [6.45, 7) is 2.33. The zero-order valence-electron chi connectivity index (χ0n) is 16.4. The van der Waals surface area contributed by atoms with Crippen LogP contribution in [0.25, 0.3) is 17.0 Å². The van der Waals surface area contributed by atoms with Gasteiger partial charge in [0.25, 0.3) is 0 Å². The van der Waals surface area contributed by atoms with Gasteiger partial charge in [-0.25, -0.2) is 4.79 Å². The number of nitrogens with zero attached hydrogens (tertiary/aromatic N) is 2. The number of carbonyl (C=O) groups excluding carboxylic acids is 2. The summed E-state index contributed by atoms with van der Waals surface area (Å²) in [5, 5.41) is 19.5. The Bertz CT molecular complexity index is 1180. The molecule has 6 heteroatoms. The minimum absolute atomic E-state index is 0.111. The Balaban J connectivity index is 1.85. The van der Waals surface area contributed by atoms with E-state index in [2.05, 4.69) is 15.4 Å². The molecule has 6 nitrogen and oxygen atoms in total. The molecule has 3 aromatic rings. The van der Waals surface area contributed by atoms with E-state index < -0.39 is 17.5 Å².